The normalized spacial score (nSPS) is 15.4. The van der Waals surface area contributed by atoms with Crippen LogP contribution in [0, 0.1) is 0 Å². The predicted molar refractivity (Wildman–Crippen MR) is 115 cm³/mol. The molecule has 1 atom stereocenters. The van der Waals surface area contributed by atoms with Gasteiger partial charge in [-0.25, -0.2) is 0 Å². The van der Waals surface area contributed by atoms with E-state index in [2.05, 4.69) is 15.6 Å². The first-order valence-electron chi connectivity index (χ1n) is 9.17. The van der Waals surface area contributed by atoms with Crippen molar-refractivity contribution in [2.75, 3.05) is 12.4 Å². The van der Waals surface area contributed by atoms with Crippen LogP contribution in [0.5, 0.6) is 5.75 Å². The maximum Gasteiger partial charge on any atom is 0.268 e. The molecule has 1 aliphatic heterocycles. The Labute approximate surface area is 183 Å². The lowest BCUT2D eigenvalue weighted by atomic mass is 10.0. The topological polar surface area (TPSA) is 77.7 Å². The summed E-state index contributed by atoms with van der Waals surface area (Å²) in [6.07, 6.45) is 2.87. The highest BCUT2D eigenvalue weighted by molar-refractivity contribution is 6.36. The van der Waals surface area contributed by atoms with Crippen molar-refractivity contribution in [2.45, 2.75) is 19.1 Å². The van der Waals surface area contributed by atoms with Crippen LogP contribution in [0.15, 0.2) is 60.0 Å². The van der Waals surface area contributed by atoms with E-state index >= 15 is 0 Å². The lowest BCUT2D eigenvalue weighted by molar-refractivity contribution is -0.125. The average molecular weight is 445 g/mol. The first kappa shape index (κ1) is 20.3. The van der Waals surface area contributed by atoms with Gasteiger partial charge in [0.25, 0.3) is 5.91 Å². The molecule has 0 spiro atoms. The van der Waals surface area contributed by atoms with Crippen molar-refractivity contribution in [3.63, 3.8) is 0 Å². The Kier molecular flexibility index (Phi) is 5.92. The Hall–Kier alpha value is -3.03. The molecule has 0 aliphatic carbocycles. The Morgan fingerprint density at radius 2 is 2.00 bits per heavy atom. The summed E-state index contributed by atoms with van der Waals surface area (Å²) >= 11 is 12.4. The molecule has 30 heavy (non-hydrogen) atoms. The molecule has 0 saturated carbocycles. The molecule has 1 aromatic heterocycles. The SMILES string of the molecule is COc1ccccc1C1=NOC(C(=O)Nc2cnn(Cc3c(Cl)cccc3Cl)c2)C1. The highest BCUT2D eigenvalue weighted by Gasteiger charge is 2.30. The number of anilines is 1. The Balaban J connectivity index is 1.39. The standard InChI is InChI=1S/C21H18Cl2N4O3/c1-29-19-8-3-2-5-14(19)18-9-20(30-26-18)21(28)25-13-10-24-27(11-13)12-15-16(22)6-4-7-17(15)23/h2-8,10-11,20H,9,12H2,1H3,(H,25,28). The van der Waals surface area contributed by atoms with Crippen LogP contribution in [0.3, 0.4) is 0 Å². The third-order valence-corrected chi connectivity index (χ3v) is 5.37. The van der Waals surface area contributed by atoms with Crippen molar-refractivity contribution >= 4 is 40.5 Å². The number of halogens is 2. The van der Waals surface area contributed by atoms with Gasteiger partial charge in [-0.1, -0.05) is 46.6 Å². The summed E-state index contributed by atoms with van der Waals surface area (Å²) in [5.74, 6) is 0.374. The van der Waals surface area contributed by atoms with Gasteiger partial charge in [-0.05, 0) is 24.3 Å². The smallest absolute Gasteiger partial charge is 0.268 e. The van der Waals surface area contributed by atoms with Crippen molar-refractivity contribution in [3.05, 3.63) is 76.0 Å². The number of carbonyl (C=O) groups is 1. The van der Waals surface area contributed by atoms with E-state index in [1.165, 1.54) is 0 Å². The van der Waals surface area contributed by atoms with Crippen molar-refractivity contribution in [3.8, 4) is 5.75 Å². The minimum atomic E-state index is -0.730. The van der Waals surface area contributed by atoms with Crippen molar-refractivity contribution < 1.29 is 14.4 Å². The number of nitrogens with zero attached hydrogens (tertiary/aromatic N) is 3. The van der Waals surface area contributed by atoms with E-state index in [-0.39, 0.29) is 5.91 Å². The second-order valence-electron chi connectivity index (χ2n) is 6.65. The average Bonchev–Trinajstić information content (AvgIpc) is 3.40. The van der Waals surface area contributed by atoms with Crippen LogP contribution in [-0.2, 0) is 16.2 Å². The highest BCUT2D eigenvalue weighted by atomic mass is 35.5. The molecular formula is C21H18Cl2N4O3. The number of oxime groups is 1. The summed E-state index contributed by atoms with van der Waals surface area (Å²) in [6.45, 7) is 0.384. The molecule has 0 bridgehead atoms. The number of hydrogen-bond donors (Lipinski definition) is 1. The molecule has 2 aromatic carbocycles. The quantitative estimate of drug-likeness (QED) is 0.611. The fraction of sp³-hybridized carbons (Fsp3) is 0.190. The molecular weight excluding hydrogens is 427 g/mol. The molecule has 7 nitrogen and oxygen atoms in total. The number of nitrogens with one attached hydrogen (secondary N) is 1. The van der Waals surface area contributed by atoms with Crippen molar-refractivity contribution in [1.82, 2.24) is 9.78 Å². The number of hydrogen-bond acceptors (Lipinski definition) is 5. The third kappa shape index (κ3) is 4.27. The summed E-state index contributed by atoms with van der Waals surface area (Å²) in [5, 5.41) is 12.2. The first-order chi connectivity index (χ1) is 14.5. The molecule has 0 radical (unpaired) electrons. The lowest BCUT2D eigenvalue weighted by Gasteiger charge is -2.09. The first-order valence-corrected chi connectivity index (χ1v) is 9.93. The number of para-hydroxylation sites is 1. The zero-order valence-electron chi connectivity index (χ0n) is 16.0. The van der Waals surface area contributed by atoms with E-state index in [9.17, 15) is 4.79 Å². The third-order valence-electron chi connectivity index (χ3n) is 4.66. The van der Waals surface area contributed by atoms with Crippen LogP contribution < -0.4 is 10.1 Å². The van der Waals surface area contributed by atoms with E-state index in [1.54, 1.807) is 42.4 Å². The second kappa shape index (κ2) is 8.77. The van der Waals surface area contributed by atoms with Crippen LogP contribution in [-0.4, -0.2) is 34.6 Å². The molecule has 1 amide bonds. The van der Waals surface area contributed by atoms with Crippen LogP contribution in [0.25, 0.3) is 0 Å². The van der Waals surface area contributed by atoms with Crippen molar-refractivity contribution in [1.29, 1.82) is 0 Å². The summed E-state index contributed by atoms with van der Waals surface area (Å²) < 4.78 is 7.00. The van der Waals surface area contributed by atoms with Crippen LogP contribution in [0.2, 0.25) is 10.0 Å². The van der Waals surface area contributed by atoms with E-state index in [1.807, 2.05) is 24.3 Å². The Bertz CT molecular complexity index is 1090. The number of carbonyl (C=O) groups excluding carboxylic acids is 1. The van der Waals surface area contributed by atoms with Gasteiger partial charge in [-0.2, -0.15) is 5.10 Å². The van der Waals surface area contributed by atoms with Gasteiger partial charge in [0.15, 0.2) is 0 Å². The number of methoxy groups -OCH3 is 1. The fourth-order valence-corrected chi connectivity index (χ4v) is 3.66. The van der Waals surface area contributed by atoms with Gasteiger partial charge >= 0.3 is 0 Å². The Morgan fingerprint density at radius 3 is 2.77 bits per heavy atom. The summed E-state index contributed by atoms with van der Waals surface area (Å²) in [5.41, 5.74) is 2.77. The highest BCUT2D eigenvalue weighted by Crippen LogP contribution is 2.26. The number of benzene rings is 2. The van der Waals surface area contributed by atoms with Gasteiger partial charge in [-0.15, -0.1) is 0 Å². The monoisotopic (exact) mass is 444 g/mol. The molecule has 154 valence electrons. The molecule has 0 fully saturated rings. The van der Waals surface area contributed by atoms with Gasteiger partial charge < -0.3 is 14.9 Å². The number of ether oxygens (including phenoxy) is 1. The lowest BCUT2D eigenvalue weighted by Crippen LogP contribution is -2.27. The van der Waals surface area contributed by atoms with Crippen LogP contribution in [0.4, 0.5) is 5.69 Å². The second-order valence-corrected chi connectivity index (χ2v) is 7.47. The summed E-state index contributed by atoms with van der Waals surface area (Å²) in [6, 6.07) is 12.8. The Morgan fingerprint density at radius 1 is 1.23 bits per heavy atom. The molecule has 2 heterocycles. The van der Waals surface area contributed by atoms with E-state index in [0.717, 1.165) is 11.1 Å². The zero-order valence-corrected chi connectivity index (χ0v) is 17.5. The minimum Gasteiger partial charge on any atom is -0.496 e. The van der Waals surface area contributed by atoms with Gasteiger partial charge in [0, 0.05) is 33.8 Å². The van der Waals surface area contributed by atoms with E-state index in [0.29, 0.717) is 40.2 Å². The maximum atomic E-state index is 12.6. The fourth-order valence-electron chi connectivity index (χ4n) is 3.14. The predicted octanol–water partition coefficient (Wildman–Crippen LogP) is 4.38. The zero-order chi connectivity index (χ0) is 21.1. The minimum absolute atomic E-state index is 0.307. The van der Waals surface area contributed by atoms with Gasteiger partial charge in [0.05, 0.1) is 31.3 Å². The molecule has 1 aliphatic rings. The number of rotatable bonds is 6. The largest absolute Gasteiger partial charge is 0.496 e. The molecule has 3 aromatic rings. The summed E-state index contributed by atoms with van der Waals surface area (Å²) in [7, 11) is 1.59. The maximum absolute atomic E-state index is 12.6. The molecule has 1 N–H and O–H groups in total. The van der Waals surface area contributed by atoms with Gasteiger partial charge in [-0.3, -0.25) is 9.48 Å². The van der Waals surface area contributed by atoms with Gasteiger partial charge in [0.1, 0.15) is 5.75 Å². The summed E-state index contributed by atoms with van der Waals surface area (Å²) in [4.78, 5) is 17.9. The van der Waals surface area contributed by atoms with E-state index < -0.39 is 6.10 Å². The van der Waals surface area contributed by atoms with Gasteiger partial charge in [0.2, 0.25) is 6.10 Å². The molecule has 9 heteroatoms. The number of aromatic nitrogens is 2. The molecule has 4 rings (SSSR count). The van der Waals surface area contributed by atoms with Crippen molar-refractivity contribution in [2.24, 2.45) is 5.16 Å². The molecule has 0 saturated heterocycles. The van der Waals surface area contributed by atoms with E-state index in [4.69, 9.17) is 32.8 Å². The molecule has 1 unspecified atom stereocenters. The van der Waals surface area contributed by atoms with Crippen LogP contribution >= 0.6 is 23.2 Å². The van der Waals surface area contributed by atoms with Crippen LogP contribution in [0.1, 0.15) is 17.5 Å². The number of amides is 1.